The van der Waals surface area contributed by atoms with Crippen molar-refractivity contribution in [1.29, 1.82) is 0 Å². The first-order chi connectivity index (χ1) is 65.5. The zero-order valence-electron chi connectivity index (χ0n) is 71.1. The fourth-order valence-electron chi connectivity index (χ4n) is 19.5. The molecule has 0 atom stereocenters. The first kappa shape index (κ1) is 76.3. The predicted molar refractivity (Wildman–Crippen MR) is 540 cm³/mol. The molecule has 132 heavy (non-hydrogen) atoms. The summed E-state index contributed by atoms with van der Waals surface area (Å²) < 4.78 is 13.5. The Morgan fingerprint density at radius 1 is 0.159 bits per heavy atom. The number of para-hydroxylation sites is 11. The fraction of sp³-hybridized carbons (Fsp3) is 0. The second-order valence-corrected chi connectivity index (χ2v) is 33.0. The van der Waals surface area contributed by atoms with Crippen LogP contribution in [0.15, 0.2) is 461 Å². The highest BCUT2D eigenvalue weighted by Gasteiger charge is 2.26. The third-order valence-electron chi connectivity index (χ3n) is 25.4. The molecule has 0 saturated heterocycles. The molecule has 0 unspecified atom stereocenters. The molecular weight excluding hydrogens is 1610 g/mol. The van der Waals surface area contributed by atoms with Gasteiger partial charge in [-0.25, -0.2) is 34.9 Å². The lowest BCUT2D eigenvalue weighted by molar-refractivity contribution is 0.952. The topological polar surface area (TPSA) is 133 Å². The van der Waals surface area contributed by atoms with Crippen LogP contribution in [0.25, 0.3) is 234 Å². The van der Waals surface area contributed by atoms with Crippen molar-refractivity contribution in [2.75, 3.05) is 0 Å². The molecule has 0 N–H and O–H groups in total. The Morgan fingerprint density at radius 2 is 0.477 bits per heavy atom. The summed E-state index contributed by atoms with van der Waals surface area (Å²) >= 11 is 0. The van der Waals surface area contributed by atoms with Gasteiger partial charge in [0.05, 0.1) is 118 Å². The average Bonchev–Trinajstić information content (AvgIpc) is 1.57. The summed E-state index contributed by atoms with van der Waals surface area (Å²) in [6.45, 7) is 0. The minimum atomic E-state index is 0.604. The molecule has 27 rings (SSSR count). The number of hydrogen-bond donors (Lipinski definition) is 0. The highest BCUT2D eigenvalue weighted by molar-refractivity contribution is 6.16. The molecule has 0 spiro atoms. The van der Waals surface area contributed by atoms with Gasteiger partial charge in [0.1, 0.15) is 11.6 Å². The van der Waals surface area contributed by atoms with E-state index in [-0.39, 0.29) is 0 Å². The second kappa shape index (κ2) is 32.1. The summed E-state index contributed by atoms with van der Waals surface area (Å²) in [4.78, 5) is 41.0. The Hall–Kier alpha value is -18.1. The molecule has 14 heteroatoms. The van der Waals surface area contributed by atoms with E-state index in [0.29, 0.717) is 17.7 Å². The minimum absolute atomic E-state index is 0.604. The van der Waals surface area contributed by atoms with Gasteiger partial charge in [0.15, 0.2) is 5.82 Å². The minimum Gasteiger partial charge on any atom is -0.309 e. The summed E-state index contributed by atoms with van der Waals surface area (Å²) in [5.74, 6) is 3.60. The van der Waals surface area contributed by atoms with Crippen LogP contribution in [0, 0.1) is 0 Å². The summed E-state index contributed by atoms with van der Waals surface area (Å²) in [7, 11) is 0. The van der Waals surface area contributed by atoms with Gasteiger partial charge >= 0.3 is 0 Å². The van der Waals surface area contributed by atoms with Crippen LogP contribution in [0.3, 0.4) is 0 Å². The van der Waals surface area contributed by atoms with E-state index in [2.05, 4.69) is 397 Å². The Balaban J connectivity index is 0.000000108. The van der Waals surface area contributed by atoms with Crippen LogP contribution in [-0.4, -0.2) is 67.3 Å². The first-order valence-corrected chi connectivity index (χ1v) is 44.3. The number of aromatic nitrogens is 14. The number of nitrogens with zero attached hydrogens (tertiary/aromatic N) is 14. The lowest BCUT2D eigenvalue weighted by Crippen LogP contribution is -2.07. The second-order valence-electron chi connectivity index (χ2n) is 33.0. The maximum absolute atomic E-state index is 5.38. The van der Waals surface area contributed by atoms with Gasteiger partial charge in [-0.3, -0.25) is 18.3 Å². The average molecular weight is 1690 g/mol. The van der Waals surface area contributed by atoms with Crippen molar-refractivity contribution in [2.24, 2.45) is 0 Å². The van der Waals surface area contributed by atoms with Gasteiger partial charge in [-0.1, -0.05) is 340 Å². The van der Waals surface area contributed by atoms with Crippen molar-refractivity contribution in [2.45, 2.75) is 0 Å². The maximum Gasteiger partial charge on any atom is 0.237 e. The lowest BCUT2D eigenvalue weighted by Gasteiger charge is -2.14. The molecule has 0 amide bonds. The van der Waals surface area contributed by atoms with Crippen molar-refractivity contribution < 1.29 is 0 Å². The van der Waals surface area contributed by atoms with Crippen LogP contribution < -0.4 is 0 Å². The molecule has 0 radical (unpaired) electrons. The van der Waals surface area contributed by atoms with E-state index in [9.17, 15) is 0 Å². The molecule has 11 heterocycles. The molecule has 0 saturated carbocycles. The molecule has 16 aromatic carbocycles. The SMILES string of the molecule is c1ccc(-c2cc(-c3cccc(-n4c5ccccc5c5ccccc54)n3)nc(-c3ccccc3)n2)cc1.c1ccc(-c2cc3c4ccccc4n(-c4ncc(-n5c6ccccc6c6ccccc65)cn4)c3c(-c3ccccc3)n2)cc1.c1ccc2c(c1)c1ccccc1n2-c1ccc(-c2cc(-n3c4ccccc4c4ccccc43)nc(-n3c4ccccc4c4ccccc43)n2)cc1. The smallest absolute Gasteiger partial charge is 0.237 e. The van der Waals surface area contributed by atoms with Crippen molar-refractivity contribution in [3.05, 3.63) is 461 Å². The third-order valence-corrected chi connectivity index (χ3v) is 25.4. The Bertz CT molecular complexity index is 8690. The molecule has 14 nitrogen and oxygen atoms in total. The summed E-state index contributed by atoms with van der Waals surface area (Å²) in [6, 6.07) is 156. The highest BCUT2D eigenvalue weighted by Crippen LogP contribution is 2.43. The Morgan fingerprint density at radius 3 is 0.902 bits per heavy atom. The number of fused-ring (bicyclic) bond motifs is 18. The molecule has 0 aliphatic heterocycles. The maximum atomic E-state index is 5.38. The summed E-state index contributed by atoms with van der Waals surface area (Å²) in [5, 5.41) is 14.3. The van der Waals surface area contributed by atoms with Gasteiger partial charge < -0.3 is 9.13 Å². The first-order valence-electron chi connectivity index (χ1n) is 44.3. The number of hydrogen-bond acceptors (Lipinski definition) is 8. The van der Waals surface area contributed by atoms with E-state index < -0.39 is 0 Å². The highest BCUT2D eigenvalue weighted by atomic mass is 15.2. The van der Waals surface area contributed by atoms with E-state index in [1.165, 1.54) is 64.9 Å². The van der Waals surface area contributed by atoms with E-state index in [0.717, 1.165) is 151 Å². The molecule has 11 aromatic heterocycles. The third kappa shape index (κ3) is 13.0. The molecule has 0 aliphatic carbocycles. The molecule has 27 aromatic rings. The van der Waals surface area contributed by atoms with Gasteiger partial charge in [0.2, 0.25) is 11.9 Å². The lowest BCUT2D eigenvalue weighted by atomic mass is 10.0. The Labute approximate surface area is 757 Å². The van der Waals surface area contributed by atoms with Crippen molar-refractivity contribution >= 4 is 131 Å². The Kier molecular flexibility index (Phi) is 18.5. The van der Waals surface area contributed by atoms with Crippen LogP contribution in [0.2, 0.25) is 0 Å². The van der Waals surface area contributed by atoms with Crippen LogP contribution in [0.5, 0.6) is 0 Å². The molecule has 0 bridgehead atoms. The van der Waals surface area contributed by atoms with Gasteiger partial charge in [-0.15, -0.1) is 0 Å². The van der Waals surface area contributed by atoms with Crippen molar-refractivity contribution in [1.82, 2.24) is 67.3 Å². The normalized spacial score (nSPS) is 11.6. The number of pyridine rings is 2. The van der Waals surface area contributed by atoms with Crippen LogP contribution in [-0.2, 0) is 0 Å². The molecule has 0 fully saturated rings. The van der Waals surface area contributed by atoms with Crippen LogP contribution >= 0.6 is 0 Å². The van der Waals surface area contributed by atoms with Gasteiger partial charge in [0, 0.05) is 104 Å². The predicted octanol–water partition coefficient (Wildman–Crippen LogP) is 28.8. The van der Waals surface area contributed by atoms with E-state index in [1.807, 2.05) is 91.3 Å². The van der Waals surface area contributed by atoms with Crippen LogP contribution in [0.4, 0.5) is 0 Å². The zero-order valence-corrected chi connectivity index (χ0v) is 71.1. The fourth-order valence-corrected chi connectivity index (χ4v) is 19.5. The van der Waals surface area contributed by atoms with E-state index >= 15 is 0 Å². The monoisotopic (exact) mass is 1690 g/mol. The number of benzene rings is 16. The molecular formula is C118H76N14. The summed E-state index contributed by atoms with van der Waals surface area (Å²) in [5.41, 5.74) is 25.6. The van der Waals surface area contributed by atoms with Gasteiger partial charge in [0.25, 0.3) is 0 Å². The van der Waals surface area contributed by atoms with Gasteiger partial charge in [-0.2, -0.15) is 4.98 Å². The largest absolute Gasteiger partial charge is 0.309 e. The molecule has 0 aliphatic rings. The van der Waals surface area contributed by atoms with Crippen molar-refractivity contribution in [3.63, 3.8) is 0 Å². The van der Waals surface area contributed by atoms with E-state index in [4.69, 9.17) is 39.9 Å². The quantitative estimate of drug-likeness (QED) is 0.118. The molecule has 618 valence electrons. The van der Waals surface area contributed by atoms with Crippen molar-refractivity contribution in [3.8, 4) is 103 Å². The standard InChI is InChI=1S/C46H29N5.C39H25N5.C33H22N4/c1-7-19-39-32(13-1)33-14-2-8-20-40(33)49(39)31-27-25-30(26-28-31)38-29-45(50-41-21-9-3-15-34(41)35-16-4-10-22-42(35)50)48-46(47-38)51-43-23-11-5-17-36(43)37-18-6-12-24-44(37)51;1-3-13-26(14-4-1)33-23-32-31-19-9-12-22-36(31)44(38(32)37(42-33)27-15-5-2-6-16-27)39-40-24-28(25-41-39)43-34-20-10-7-17-29(34)30-18-8-11-21-35(30)43;1-3-12-23(13-4-1)28-22-29(36-33(35-28)24-14-5-2-6-15-24)27-18-11-21-32(34-27)37-30-19-9-7-16-25(30)26-17-8-10-20-31(26)37/h1-29H;1-25H;1-22H. The van der Waals surface area contributed by atoms with E-state index in [1.54, 1.807) is 0 Å². The number of rotatable bonds is 12. The summed E-state index contributed by atoms with van der Waals surface area (Å²) in [6.07, 6.45) is 3.85. The zero-order chi connectivity index (χ0) is 87.1. The van der Waals surface area contributed by atoms with Crippen LogP contribution in [0.1, 0.15) is 0 Å². The van der Waals surface area contributed by atoms with Gasteiger partial charge in [-0.05, 0) is 103 Å².